The van der Waals surface area contributed by atoms with Gasteiger partial charge < -0.3 is 32.3 Å². The van der Waals surface area contributed by atoms with Crippen molar-refractivity contribution in [1.29, 1.82) is 0 Å². The Morgan fingerprint density at radius 1 is 1.05 bits per heavy atom. The van der Waals surface area contributed by atoms with Crippen molar-refractivity contribution in [2.75, 3.05) is 59.4 Å². The number of piperidine rings is 1. The van der Waals surface area contributed by atoms with E-state index in [-0.39, 0.29) is 48.2 Å². The Morgan fingerprint density at radius 3 is 2.58 bits per heavy atom. The number of piperazine rings is 1. The molecule has 0 bridgehead atoms. The SMILES string of the molecule is CN1CCC[C@@H]1C(=O)N1CCN(C2CCNCC2NC(=O)C(C2=C3CCCCCC3C=C(F)CN2)C(N)N)CC1. The summed E-state index contributed by atoms with van der Waals surface area (Å²) in [5.74, 6) is -0.934. The van der Waals surface area contributed by atoms with Gasteiger partial charge in [-0.15, -0.1) is 0 Å². The van der Waals surface area contributed by atoms with E-state index in [1.165, 1.54) is 0 Å². The largest absolute Gasteiger partial charge is 0.381 e. The maximum Gasteiger partial charge on any atom is 0.240 e. The molecule has 10 nitrogen and oxygen atoms in total. The maximum absolute atomic E-state index is 14.6. The number of nitrogens with zero attached hydrogens (tertiary/aromatic N) is 3. The predicted octanol–water partition coefficient (Wildman–Crippen LogP) is 0.222. The Labute approximate surface area is 238 Å². The lowest BCUT2D eigenvalue weighted by Crippen LogP contribution is -2.65. The first kappa shape index (κ1) is 29.4. The Hall–Kier alpha value is -2.05. The van der Waals surface area contributed by atoms with Crippen LogP contribution in [0.4, 0.5) is 4.39 Å². The molecule has 1 aliphatic carbocycles. The second kappa shape index (κ2) is 13.3. The molecule has 224 valence electrons. The summed E-state index contributed by atoms with van der Waals surface area (Å²) in [6.45, 7) is 5.60. The van der Waals surface area contributed by atoms with Gasteiger partial charge in [0.05, 0.1) is 24.8 Å². The molecule has 4 fully saturated rings. The zero-order valence-electron chi connectivity index (χ0n) is 24.0. The van der Waals surface area contributed by atoms with Crippen LogP contribution in [0.5, 0.6) is 0 Å². The maximum atomic E-state index is 14.6. The van der Waals surface area contributed by atoms with E-state index in [1.807, 2.05) is 11.9 Å². The molecule has 1 saturated carbocycles. The Balaban J connectivity index is 1.26. The molecule has 0 aromatic heterocycles. The van der Waals surface area contributed by atoms with Crippen LogP contribution in [0.3, 0.4) is 0 Å². The molecular formula is C29H49FN8O2. The van der Waals surface area contributed by atoms with Crippen LogP contribution in [-0.4, -0.2) is 110 Å². The van der Waals surface area contributed by atoms with Crippen LogP contribution in [0.2, 0.25) is 0 Å². The van der Waals surface area contributed by atoms with Gasteiger partial charge >= 0.3 is 0 Å². The molecule has 0 spiro atoms. The smallest absolute Gasteiger partial charge is 0.240 e. The molecule has 0 aromatic rings. The summed E-state index contributed by atoms with van der Waals surface area (Å²) in [6.07, 6.45) is 8.60. The van der Waals surface area contributed by atoms with Gasteiger partial charge in [-0.3, -0.25) is 19.4 Å². The third kappa shape index (κ3) is 6.54. The standard InChI is InChI=1S/C29H49FN8O2/c1-36-11-5-8-24(36)29(40)38-14-12-37(13-15-38)23-9-10-33-18-22(23)35-28(39)25(27(31)32)26-21-7-4-2-3-6-19(21)16-20(30)17-34-26/h16,19,22-25,27,33-34H,2-15,17-18,31-32H2,1H3,(H,35,39)/t19?,22?,23?,24-,25?/m1/s1. The average Bonchev–Trinajstić information content (AvgIpc) is 3.15. The zero-order valence-corrected chi connectivity index (χ0v) is 24.0. The lowest BCUT2D eigenvalue weighted by atomic mass is 9.86. The third-order valence-electron chi connectivity index (χ3n) is 9.74. The van der Waals surface area contributed by atoms with Gasteiger partial charge in [-0.05, 0) is 70.3 Å². The van der Waals surface area contributed by atoms with Crippen molar-refractivity contribution in [3.05, 3.63) is 23.2 Å². The highest BCUT2D eigenvalue weighted by molar-refractivity contribution is 5.83. The Bertz CT molecular complexity index is 979. The van der Waals surface area contributed by atoms with Crippen LogP contribution in [-0.2, 0) is 9.59 Å². The average molecular weight is 561 g/mol. The highest BCUT2D eigenvalue weighted by atomic mass is 19.1. The summed E-state index contributed by atoms with van der Waals surface area (Å²) in [5.41, 5.74) is 14.3. The molecule has 4 aliphatic heterocycles. The number of rotatable bonds is 6. The molecule has 5 atom stereocenters. The molecule has 0 radical (unpaired) electrons. The molecular weight excluding hydrogens is 511 g/mol. The quantitative estimate of drug-likeness (QED) is 0.292. The number of hydrogen-bond donors (Lipinski definition) is 5. The summed E-state index contributed by atoms with van der Waals surface area (Å²) in [4.78, 5) is 33.6. The topological polar surface area (TPSA) is 132 Å². The number of carbonyl (C=O) groups is 2. The van der Waals surface area contributed by atoms with Gasteiger partial charge in [-0.2, -0.15) is 0 Å². The Kier molecular flexibility index (Phi) is 9.78. The number of likely N-dealkylation sites (tertiary alicyclic amines) is 1. The molecule has 4 unspecified atom stereocenters. The second-order valence-corrected chi connectivity index (χ2v) is 12.3. The van der Waals surface area contributed by atoms with Crippen molar-refractivity contribution in [3.8, 4) is 0 Å². The first-order chi connectivity index (χ1) is 19.3. The molecule has 5 aliphatic rings. The van der Waals surface area contributed by atoms with Gasteiger partial charge in [0.1, 0.15) is 11.7 Å². The van der Waals surface area contributed by atoms with Crippen LogP contribution >= 0.6 is 0 Å². The van der Waals surface area contributed by atoms with Crippen LogP contribution < -0.4 is 27.4 Å². The molecule has 2 amide bonds. The number of halogens is 1. The van der Waals surface area contributed by atoms with Gasteiger partial charge in [0.2, 0.25) is 11.8 Å². The van der Waals surface area contributed by atoms with Crippen molar-refractivity contribution in [1.82, 2.24) is 30.7 Å². The fourth-order valence-corrected chi connectivity index (χ4v) is 7.52. The van der Waals surface area contributed by atoms with E-state index in [1.54, 1.807) is 6.08 Å². The Morgan fingerprint density at radius 2 is 1.85 bits per heavy atom. The van der Waals surface area contributed by atoms with Crippen molar-refractivity contribution in [2.24, 2.45) is 23.3 Å². The monoisotopic (exact) mass is 560 g/mol. The van der Waals surface area contributed by atoms with E-state index in [4.69, 9.17) is 11.5 Å². The third-order valence-corrected chi connectivity index (χ3v) is 9.74. The molecule has 40 heavy (non-hydrogen) atoms. The summed E-state index contributed by atoms with van der Waals surface area (Å²) in [5, 5.41) is 9.96. The minimum Gasteiger partial charge on any atom is -0.381 e. The lowest BCUT2D eigenvalue weighted by Gasteiger charge is -2.45. The van der Waals surface area contributed by atoms with Gasteiger partial charge in [-0.1, -0.05) is 12.8 Å². The van der Waals surface area contributed by atoms with E-state index in [0.717, 1.165) is 83.1 Å². The van der Waals surface area contributed by atoms with Crippen LogP contribution in [0.25, 0.3) is 0 Å². The minimum absolute atomic E-state index is 0.0135. The predicted molar refractivity (Wildman–Crippen MR) is 153 cm³/mol. The minimum atomic E-state index is -0.904. The first-order valence-electron chi connectivity index (χ1n) is 15.4. The highest BCUT2D eigenvalue weighted by Crippen LogP contribution is 2.36. The summed E-state index contributed by atoms with van der Waals surface area (Å²) in [6, 6.07) is 0.0669. The number of nitrogens with one attached hydrogen (secondary N) is 3. The summed E-state index contributed by atoms with van der Waals surface area (Å²) < 4.78 is 14.6. The molecule has 3 saturated heterocycles. The number of carbonyl (C=O) groups excluding carboxylic acids is 2. The van der Waals surface area contributed by atoms with Crippen LogP contribution in [0.15, 0.2) is 23.2 Å². The zero-order chi connectivity index (χ0) is 28.2. The summed E-state index contributed by atoms with van der Waals surface area (Å²) in [7, 11) is 2.04. The highest BCUT2D eigenvalue weighted by Gasteiger charge is 2.39. The van der Waals surface area contributed by atoms with E-state index >= 15 is 0 Å². The second-order valence-electron chi connectivity index (χ2n) is 12.3. The van der Waals surface area contributed by atoms with Crippen LogP contribution in [0, 0.1) is 11.8 Å². The van der Waals surface area contributed by atoms with Gasteiger partial charge in [0.15, 0.2) is 0 Å². The number of nitrogens with two attached hydrogens (primary N) is 2. The number of hydrogen-bond acceptors (Lipinski definition) is 8. The first-order valence-corrected chi connectivity index (χ1v) is 15.4. The fourth-order valence-electron chi connectivity index (χ4n) is 7.52. The van der Waals surface area contributed by atoms with Crippen LogP contribution in [0.1, 0.15) is 51.4 Å². The van der Waals surface area contributed by atoms with Gasteiger partial charge in [0.25, 0.3) is 0 Å². The number of allylic oxidation sites excluding steroid dienone is 2. The van der Waals surface area contributed by atoms with Gasteiger partial charge in [0, 0.05) is 50.4 Å². The normalized spacial score (nSPS) is 31.6. The van der Waals surface area contributed by atoms with E-state index < -0.39 is 12.1 Å². The van der Waals surface area contributed by atoms with E-state index in [0.29, 0.717) is 25.3 Å². The molecule has 0 aromatic carbocycles. The van der Waals surface area contributed by atoms with Crippen molar-refractivity contribution in [2.45, 2.75) is 75.7 Å². The van der Waals surface area contributed by atoms with Crippen molar-refractivity contribution in [3.63, 3.8) is 0 Å². The van der Waals surface area contributed by atoms with Gasteiger partial charge in [-0.25, -0.2) is 4.39 Å². The fraction of sp³-hybridized carbons (Fsp3) is 0.793. The van der Waals surface area contributed by atoms with E-state index in [2.05, 4.69) is 25.8 Å². The van der Waals surface area contributed by atoms with E-state index in [9.17, 15) is 14.0 Å². The van der Waals surface area contributed by atoms with Crippen molar-refractivity contribution < 1.29 is 14.0 Å². The number of fused-ring (bicyclic) bond motifs is 1. The molecule has 11 heteroatoms. The molecule has 4 heterocycles. The molecule has 5 rings (SSSR count). The van der Waals surface area contributed by atoms with Crippen molar-refractivity contribution >= 4 is 11.8 Å². The molecule has 7 N–H and O–H groups in total. The number of amides is 2. The lowest BCUT2D eigenvalue weighted by molar-refractivity contribution is -0.137. The summed E-state index contributed by atoms with van der Waals surface area (Å²) >= 11 is 0. The number of likely N-dealkylation sites (N-methyl/N-ethyl adjacent to an activating group) is 1.